The van der Waals surface area contributed by atoms with Crippen LogP contribution in [0.4, 0.5) is 15.9 Å². The Morgan fingerprint density at radius 1 is 1.15 bits per heavy atom. The Bertz CT molecular complexity index is 1530. The molecule has 39 heavy (non-hydrogen) atoms. The van der Waals surface area contributed by atoms with Crippen LogP contribution in [-0.2, 0) is 4.79 Å². The number of fused-ring (bicyclic) bond motifs is 1. The number of hydrogen-bond donors (Lipinski definition) is 2. The van der Waals surface area contributed by atoms with Gasteiger partial charge in [-0.15, -0.1) is 0 Å². The number of thiazole rings is 1. The third kappa shape index (κ3) is 5.07. The van der Waals surface area contributed by atoms with Gasteiger partial charge < -0.3 is 20.5 Å². The number of carboxylic acid groups (broad SMARTS) is 1. The standard InChI is InChI=1S/C27H29N7O4S/c1-4-34(24(28)37)26-32-20-13-16(12-18(22(20)39-26)19-6-5-7-21(31-19)38-3)17-14-29-25(30-15-17)33-10-8-27(2,9-11-33)23(35)36/h5-7,12-15H,4,8-11H2,1-3H3,(H2,28,37)(H,35,36). The smallest absolute Gasteiger partial charge is 0.321 e. The van der Waals surface area contributed by atoms with Crippen LogP contribution in [0.3, 0.4) is 0 Å². The number of piperidine rings is 1. The predicted octanol–water partition coefficient (Wildman–Crippen LogP) is 4.42. The molecule has 4 aromatic rings. The lowest BCUT2D eigenvalue weighted by molar-refractivity contribution is -0.149. The Kier molecular flexibility index (Phi) is 7.04. The number of aromatic nitrogens is 4. The first-order valence-corrected chi connectivity index (χ1v) is 13.4. The van der Waals surface area contributed by atoms with Gasteiger partial charge in [-0.3, -0.25) is 9.69 Å². The van der Waals surface area contributed by atoms with Gasteiger partial charge in [-0.2, -0.15) is 0 Å². The molecule has 11 nitrogen and oxygen atoms in total. The Morgan fingerprint density at radius 2 is 1.87 bits per heavy atom. The minimum Gasteiger partial charge on any atom is -0.481 e. The normalized spacial score (nSPS) is 14.8. The highest BCUT2D eigenvalue weighted by atomic mass is 32.1. The molecule has 1 aliphatic heterocycles. The molecule has 5 rings (SSSR count). The van der Waals surface area contributed by atoms with Gasteiger partial charge in [0.1, 0.15) is 0 Å². The highest BCUT2D eigenvalue weighted by Crippen LogP contribution is 2.40. The summed E-state index contributed by atoms with van der Waals surface area (Å²) in [5.41, 5.74) is 8.72. The summed E-state index contributed by atoms with van der Waals surface area (Å²) in [7, 11) is 1.57. The number of urea groups is 1. The minimum atomic E-state index is -0.766. The molecule has 0 aliphatic carbocycles. The Labute approximate surface area is 229 Å². The quantitative estimate of drug-likeness (QED) is 0.343. The van der Waals surface area contributed by atoms with Gasteiger partial charge in [0.2, 0.25) is 11.8 Å². The van der Waals surface area contributed by atoms with Crippen molar-refractivity contribution in [3.63, 3.8) is 0 Å². The molecule has 0 atom stereocenters. The van der Waals surface area contributed by atoms with E-state index in [1.54, 1.807) is 32.5 Å². The van der Waals surface area contributed by atoms with E-state index in [1.807, 2.05) is 36.1 Å². The monoisotopic (exact) mass is 547 g/mol. The Hall–Kier alpha value is -4.32. The maximum absolute atomic E-state index is 12.0. The zero-order chi connectivity index (χ0) is 27.7. The number of nitrogens with zero attached hydrogens (tertiary/aromatic N) is 6. The molecule has 1 aromatic carbocycles. The summed E-state index contributed by atoms with van der Waals surface area (Å²) in [5.74, 6) is 0.285. The Morgan fingerprint density at radius 3 is 2.49 bits per heavy atom. The summed E-state index contributed by atoms with van der Waals surface area (Å²) in [4.78, 5) is 45.6. The molecule has 202 valence electrons. The average Bonchev–Trinajstić information content (AvgIpc) is 3.37. The topological polar surface area (TPSA) is 148 Å². The van der Waals surface area contributed by atoms with Crippen molar-refractivity contribution in [2.24, 2.45) is 11.1 Å². The fraction of sp³-hybridized carbons (Fsp3) is 0.333. The first-order chi connectivity index (χ1) is 18.7. The van der Waals surface area contributed by atoms with Crippen molar-refractivity contribution in [1.29, 1.82) is 0 Å². The molecule has 4 heterocycles. The molecule has 1 fully saturated rings. The minimum absolute atomic E-state index is 0.395. The number of methoxy groups -OCH3 is 1. The first kappa shape index (κ1) is 26.3. The highest BCUT2D eigenvalue weighted by Gasteiger charge is 2.37. The van der Waals surface area contributed by atoms with Gasteiger partial charge >= 0.3 is 12.0 Å². The van der Waals surface area contributed by atoms with Gasteiger partial charge in [0, 0.05) is 49.2 Å². The molecule has 0 radical (unpaired) electrons. The fourth-order valence-corrected chi connectivity index (χ4v) is 5.74. The molecule has 1 saturated heterocycles. The molecule has 3 aromatic heterocycles. The SMILES string of the molecule is CCN(C(N)=O)c1nc2cc(-c3cnc(N4CCC(C)(C(=O)O)CC4)nc3)cc(-c3cccc(OC)n3)c2s1. The summed E-state index contributed by atoms with van der Waals surface area (Å²) in [6.07, 6.45) is 4.58. The second kappa shape index (κ2) is 10.4. The van der Waals surface area contributed by atoms with Gasteiger partial charge in [0.15, 0.2) is 5.13 Å². The number of anilines is 2. The van der Waals surface area contributed by atoms with Crippen molar-refractivity contribution in [2.45, 2.75) is 26.7 Å². The van der Waals surface area contributed by atoms with Crippen LogP contribution in [0.25, 0.3) is 32.6 Å². The molecule has 0 saturated carbocycles. The van der Waals surface area contributed by atoms with Crippen LogP contribution in [0.5, 0.6) is 5.88 Å². The van der Waals surface area contributed by atoms with E-state index in [0.29, 0.717) is 60.6 Å². The molecular formula is C27H29N7O4S. The summed E-state index contributed by atoms with van der Waals surface area (Å²) < 4.78 is 6.20. The first-order valence-electron chi connectivity index (χ1n) is 12.6. The summed E-state index contributed by atoms with van der Waals surface area (Å²) in [6.45, 7) is 5.18. The van der Waals surface area contributed by atoms with Crippen molar-refractivity contribution < 1.29 is 19.4 Å². The lowest BCUT2D eigenvalue weighted by atomic mass is 9.80. The van der Waals surface area contributed by atoms with Crippen LogP contribution in [-0.4, -0.2) is 63.8 Å². The third-order valence-corrected chi connectivity index (χ3v) is 8.27. The maximum atomic E-state index is 12.0. The molecule has 3 N–H and O–H groups in total. The van der Waals surface area contributed by atoms with Gasteiger partial charge in [0.25, 0.3) is 0 Å². The summed E-state index contributed by atoms with van der Waals surface area (Å²) in [5, 5.41) is 10.0. The molecule has 1 aliphatic rings. The molecule has 0 spiro atoms. The number of primary amides is 1. The number of pyridine rings is 1. The van der Waals surface area contributed by atoms with Gasteiger partial charge in [0.05, 0.1) is 28.4 Å². The number of carbonyl (C=O) groups is 2. The maximum Gasteiger partial charge on any atom is 0.321 e. The number of benzene rings is 1. The van der Waals surface area contributed by atoms with E-state index in [9.17, 15) is 14.7 Å². The van der Waals surface area contributed by atoms with Crippen LogP contribution in [0.1, 0.15) is 26.7 Å². The van der Waals surface area contributed by atoms with Crippen LogP contribution in [0.15, 0.2) is 42.7 Å². The van der Waals surface area contributed by atoms with E-state index in [4.69, 9.17) is 15.5 Å². The van der Waals surface area contributed by atoms with Crippen LogP contribution >= 0.6 is 11.3 Å². The van der Waals surface area contributed by atoms with E-state index in [-0.39, 0.29) is 0 Å². The number of ether oxygens (including phenoxy) is 1. The van der Waals surface area contributed by atoms with Gasteiger partial charge in [-0.1, -0.05) is 17.4 Å². The summed E-state index contributed by atoms with van der Waals surface area (Å²) in [6, 6.07) is 8.92. The van der Waals surface area contributed by atoms with Crippen LogP contribution in [0.2, 0.25) is 0 Å². The number of carbonyl (C=O) groups excluding carboxylic acids is 1. The predicted molar refractivity (Wildman–Crippen MR) is 150 cm³/mol. The zero-order valence-corrected chi connectivity index (χ0v) is 22.7. The Balaban J connectivity index is 1.53. The zero-order valence-electron chi connectivity index (χ0n) is 21.9. The highest BCUT2D eigenvalue weighted by molar-refractivity contribution is 7.23. The van der Waals surface area contributed by atoms with E-state index in [0.717, 1.165) is 21.4 Å². The lowest BCUT2D eigenvalue weighted by Gasteiger charge is -2.36. The number of carboxylic acids is 1. The number of nitrogens with two attached hydrogens (primary N) is 1. The van der Waals surface area contributed by atoms with Crippen LogP contribution in [0, 0.1) is 5.41 Å². The van der Waals surface area contributed by atoms with Crippen molar-refractivity contribution in [2.75, 3.05) is 36.5 Å². The fourth-order valence-electron chi connectivity index (χ4n) is 4.60. The molecule has 12 heteroatoms. The number of hydrogen-bond acceptors (Lipinski definition) is 9. The molecule has 0 bridgehead atoms. The van der Waals surface area contributed by atoms with E-state index >= 15 is 0 Å². The van der Waals surface area contributed by atoms with E-state index < -0.39 is 17.4 Å². The van der Waals surface area contributed by atoms with E-state index in [1.165, 1.54) is 16.2 Å². The van der Waals surface area contributed by atoms with Gasteiger partial charge in [-0.25, -0.2) is 24.7 Å². The third-order valence-electron chi connectivity index (χ3n) is 7.14. The lowest BCUT2D eigenvalue weighted by Crippen LogP contribution is -2.43. The number of aliphatic carboxylic acids is 1. The largest absolute Gasteiger partial charge is 0.481 e. The average molecular weight is 548 g/mol. The van der Waals surface area contributed by atoms with Crippen molar-refractivity contribution in [3.05, 3.63) is 42.7 Å². The number of rotatable bonds is 7. The number of amides is 2. The second-order valence-corrected chi connectivity index (χ2v) is 10.6. The molecule has 2 amide bonds. The van der Waals surface area contributed by atoms with Gasteiger partial charge in [-0.05, 0) is 50.5 Å². The summed E-state index contributed by atoms with van der Waals surface area (Å²) >= 11 is 1.37. The van der Waals surface area contributed by atoms with Crippen molar-refractivity contribution in [3.8, 4) is 28.3 Å². The van der Waals surface area contributed by atoms with Crippen molar-refractivity contribution >= 4 is 44.6 Å². The molecule has 0 unspecified atom stereocenters. The second-order valence-electron chi connectivity index (χ2n) is 9.64. The van der Waals surface area contributed by atoms with E-state index in [2.05, 4.69) is 15.0 Å². The van der Waals surface area contributed by atoms with Crippen LogP contribution < -0.4 is 20.3 Å². The van der Waals surface area contributed by atoms with Crippen molar-refractivity contribution in [1.82, 2.24) is 19.9 Å². The molecular weight excluding hydrogens is 518 g/mol.